The van der Waals surface area contributed by atoms with Crippen LogP contribution in [-0.2, 0) is 13.0 Å². The number of H-pyrrole nitrogens is 1. The van der Waals surface area contributed by atoms with Crippen LogP contribution in [-0.4, -0.2) is 27.5 Å². The summed E-state index contributed by atoms with van der Waals surface area (Å²) in [4.78, 5) is 27.0. The predicted octanol–water partition coefficient (Wildman–Crippen LogP) is 3.47. The molecule has 2 aromatic carbocycles. The van der Waals surface area contributed by atoms with E-state index in [1.807, 2.05) is 18.2 Å². The minimum absolute atomic E-state index is 0.236. The first-order chi connectivity index (χ1) is 13.5. The van der Waals surface area contributed by atoms with Gasteiger partial charge in [-0.05, 0) is 60.7 Å². The fraction of sp³-hybridized carbons (Fsp3) is 0.227. The number of nitrogens with zero attached hydrogens (tertiary/aromatic N) is 2. The zero-order chi connectivity index (χ0) is 19.7. The second kappa shape index (κ2) is 7.38. The highest BCUT2D eigenvalue weighted by Gasteiger charge is 2.21. The Bertz CT molecular complexity index is 1110. The summed E-state index contributed by atoms with van der Waals surface area (Å²) in [6.45, 7) is 2.84. The molecule has 1 aliphatic heterocycles. The van der Waals surface area contributed by atoms with Crippen molar-refractivity contribution < 1.29 is 9.18 Å². The van der Waals surface area contributed by atoms with E-state index in [1.54, 1.807) is 24.0 Å². The molecule has 0 radical (unpaired) electrons. The van der Waals surface area contributed by atoms with Crippen LogP contribution in [0.3, 0.4) is 0 Å². The first kappa shape index (κ1) is 18.1. The number of fused-ring (bicyclic) bond motifs is 1. The lowest BCUT2D eigenvalue weighted by atomic mass is 10.0. The molecule has 28 heavy (non-hydrogen) atoms. The molecule has 4 rings (SSSR count). The molecule has 3 aromatic rings. The van der Waals surface area contributed by atoms with E-state index in [-0.39, 0.29) is 11.5 Å². The Hall–Kier alpha value is -3.28. The number of hydrogen-bond donors (Lipinski definition) is 1. The molecule has 1 aliphatic rings. The van der Waals surface area contributed by atoms with Crippen molar-refractivity contribution in [1.82, 2.24) is 15.1 Å². The maximum atomic E-state index is 14.3. The van der Waals surface area contributed by atoms with E-state index in [9.17, 15) is 14.0 Å². The highest BCUT2D eigenvalue weighted by Crippen LogP contribution is 2.23. The van der Waals surface area contributed by atoms with E-state index in [2.05, 4.69) is 16.3 Å². The van der Waals surface area contributed by atoms with Gasteiger partial charge in [-0.25, -0.2) is 9.49 Å². The van der Waals surface area contributed by atoms with Crippen LogP contribution in [0, 0.1) is 12.7 Å². The molecule has 2 heterocycles. The maximum absolute atomic E-state index is 14.3. The van der Waals surface area contributed by atoms with E-state index in [0.29, 0.717) is 29.9 Å². The molecule has 0 aliphatic carbocycles. The molecular formula is C22H20FN3O2. The number of amides is 1. The zero-order valence-electron chi connectivity index (χ0n) is 15.5. The Morgan fingerprint density at radius 3 is 2.75 bits per heavy atom. The lowest BCUT2D eigenvalue weighted by Crippen LogP contribution is -2.30. The number of aryl methyl sites for hydroxylation is 2. The molecule has 1 N–H and O–H groups in total. The molecule has 0 bridgehead atoms. The number of aromatic amines is 1. The Labute approximate surface area is 161 Å². The SMILES string of the molecule is Cc1cc(-c2cc(F)cc(C(=O)N3CCCc4ccccc4C3)c2)c(=O)[nH]n1. The lowest BCUT2D eigenvalue weighted by Gasteiger charge is -2.21. The zero-order valence-corrected chi connectivity index (χ0v) is 15.5. The Morgan fingerprint density at radius 2 is 1.93 bits per heavy atom. The van der Waals surface area contributed by atoms with Gasteiger partial charge in [-0.3, -0.25) is 9.59 Å². The lowest BCUT2D eigenvalue weighted by molar-refractivity contribution is 0.0745. The number of halogens is 1. The van der Waals surface area contributed by atoms with Crippen molar-refractivity contribution in [3.8, 4) is 11.1 Å². The van der Waals surface area contributed by atoms with Crippen molar-refractivity contribution >= 4 is 5.91 Å². The number of carbonyl (C=O) groups is 1. The third kappa shape index (κ3) is 3.58. The topological polar surface area (TPSA) is 66.1 Å². The first-order valence-electron chi connectivity index (χ1n) is 9.24. The Morgan fingerprint density at radius 1 is 1.14 bits per heavy atom. The molecule has 0 atom stereocenters. The smallest absolute Gasteiger partial charge is 0.272 e. The number of aromatic nitrogens is 2. The van der Waals surface area contributed by atoms with Gasteiger partial charge >= 0.3 is 0 Å². The highest BCUT2D eigenvalue weighted by molar-refractivity contribution is 5.95. The van der Waals surface area contributed by atoms with Gasteiger partial charge in [0.05, 0.1) is 11.3 Å². The summed E-state index contributed by atoms with van der Waals surface area (Å²) in [5, 5.41) is 6.24. The van der Waals surface area contributed by atoms with Crippen LogP contribution in [0.4, 0.5) is 4.39 Å². The van der Waals surface area contributed by atoms with E-state index < -0.39 is 11.4 Å². The molecule has 6 heteroatoms. The molecular weight excluding hydrogens is 357 g/mol. The summed E-state index contributed by atoms with van der Waals surface area (Å²) in [7, 11) is 0. The normalized spacial score (nSPS) is 13.7. The number of hydrogen-bond acceptors (Lipinski definition) is 3. The van der Waals surface area contributed by atoms with Crippen molar-refractivity contribution in [3.05, 3.63) is 87.1 Å². The average Bonchev–Trinajstić information content (AvgIpc) is 2.91. The van der Waals surface area contributed by atoms with Crippen molar-refractivity contribution in [1.29, 1.82) is 0 Å². The van der Waals surface area contributed by atoms with Gasteiger partial charge in [-0.2, -0.15) is 5.10 Å². The summed E-state index contributed by atoms with van der Waals surface area (Å²) in [6, 6.07) is 13.7. The fourth-order valence-electron chi connectivity index (χ4n) is 3.65. The van der Waals surface area contributed by atoms with Crippen LogP contribution in [0.2, 0.25) is 0 Å². The van der Waals surface area contributed by atoms with Crippen molar-refractivity contribution in [2.75, 3.05) is 6.54 Å². The van der Waals surface area contributed by atoms with E-state index in [1.165, 1.54) is 17.7 Å². The van der Waals surface area contributed by atoms with Crippen molar-refractivity contribution in [2.24, 2.45) is 0 Å². The molecule has 0 spiro atoms. The average molecular weight is 377 g/mol. The van der Waals surface area contributed by atoms with Gasteiger partial charge in [0.15, 0.2) is 0 Å². The summed E-state index contributed by atoms with van der Waals surface area (Å²) in [5.41, 5.74) is 3.45. The van der Waals surface area contributed by atoms with Gasteiger partial charge in [-0.15, -0.1) is 0 Å². The molecule has 0 fully saturated rings. The highest BCUT2D eigenvalue weighted by atomic mass is 19.1. The largest absolute Gasteiger partial charge is 0.334 e. The van der Waals surface area contributed by atoms with Crippen molar-refractivity contribution in [2.45, 2.75) is 26.3 Å². The van der Waals surface area contributed by atoms with Crippen LogP contribution in [0.5, 0.6) is 0 Å². The minimum Gasteiger partial charge on any atom is -0.334 e. The van der Waals surface area contributed by atoms with Crippen molar-refractivity contribution in [3.63, 3.8) is 0 Å². The second-order valence-corrected chi connectivity index (χ2v) is 7.08. The Kier molecular flexibility index (Phi) is 4.77. The van der Waals surface area contributed by atoms with E-state index in [0.717, 1.165) is 18.4 Å². The minimum atomic E-state index is -0.551. The van der Waals surface area contributed by atoms with Gasteiger partial charge in [0.2, 0.25) is 0 Å². The number of nitrogens with one attached hydrogen (secondary N) is 1. The van der Waals surface area contributed by atoms with Gasteiger partial charge in [-0.1, -0.05) is 24.3 Å². The van der Waals surface area contributed by atoms with Gasteiger partial charge in [0, 0.05) is 18.7 Å². The second-order valence-electron chi connectivity index (χ2n) is 7.08. The molecule has 0 saturated carbocycles. The van der Waals surface area contributed by atoms with E-state index >= 15 is 0 Å². The van der Waals surface area contributed by atoms with E-state index in [4.69, 9.17) is 0 Å². The van der Waals surface area contributed by atoms with Gasteiger partial charge in [0.25, 0.3) is 11.5 Å². The fourth-order valence-corrected chi connectivity index (χ4v) is 3.65. The van der Waals surface area contributed by atoms with Crippen LogP contribution in [0.15, 0.2) is 53.3 Å². The number of carbonyl (C=O) groups excluding carboxylic acids is 1. The summed E-state index contributed by atoms with van der Waals surface area (Å²) >= 11 is 0. The summed E-state index contributed by atoms with van der Waals surface area (Å²) < 4.78 is 14.3. The van der Waals surface area contributed by atoms with Crippen LogP contribution >= 0.6 is 0 Å². The molecule has 0 saturated heterocycles. The van der Waals surface area contributed by atoms with Gasteiger partial charge < -0.3 is 4.90 Å². The molecule has 1 amide bonds. The number of benzene rings is 2. The monoisotopic (exact) mass is 377 g/mol. The Balaban J connectivity index is 1.69. The van der Waals surface area contributed by atoms with Crippen LogP contribution < -0.4 is 5.56 Å². The first-order valence-corrected chi connectivity index (χ1v) is 9.24. The quantitative estimate of drug-likeness (QED) is 0.744. The van der Waals surface area contributed by atoms with Crippen LogP contribution in [0.25, 0.3) is 11.1 Å². The summed E-state index contributed by atoms with van der Waals surface area (Å²) in [5.74, 6) is -0.787. The predicted molar refractivity (Wildman–Crippen MR) is 104 cm³/mol. The number of rotatable bonds is 2. The molecule has 142 valence electrons. The standard InChI is InChI=1S/C22H20FN3O2/c1-14-9-20(21(27)25-24-14)17-10-18(12-19(23)11-17)22(28)26-8-4-7-15-5-2-3-6-16(15)13-26/h2-3,5-6,9-12H,4,7-8,13H2,1H3,(H,25,27). The maximum Gasteiger partial charge on any atom is 0.272 e. The third-order valence-corrected chi connectivity index (χ3v) is 5.03. The summed E-state index contributed by atoms with van der Waals surface area (Å²) in [6.07, 6.45) is 1.77. The molecule has 1 aromatic heterocycles. The third-order valence-electron chi connectivity index (χ3n) is 5.03. The molecule has 5 nitrogen and oxygen atoms in total. The van der Waals surface area contributed by atoms with Crippen LogP contribution in [0.1, 0.15) is 33.6 Å². The molecule has 0 unspecified atom stereocenters. The van der Waals surface area contributed by atoms with Gasteiger partial charge in [0.1, 0.15) is 5.82 Å².